The van der Waals surface area contributed by atoms with Crippen molar-refractivity contribution in [2.24, 2.45) is 0 Å². The highest BCUT2D eigenvalue weighted by Gasteiger charge is 2.16. The molecule has 0 nitrogen and oxygen atoms in total. The molecule has 4 aromatic rings. The summed E-state index contributed by atoms with van der Waals surface area (Å²) in [5, 5.41) is 0. The van der Waals surface area contributed by atoms with Gasteiger partial charge in [-0.3, -0.25) is 0 Å². The van der Waals surface area contributed by atoms with Crippen LogP contribution in [0.1, 0.15) is 42.0 Å². The van der Waals surface area contributed by atoms with Crippen molar-refractivity contribution in [2.45, 2.75) is 33.6 Å². The fourth-order valence-corrected chi connectivity index (χ4v) is 4.73. The van der Waals surface area contributed by atoms with E-state index in [9.17, 15) is 0 Å². The molecular formula is C33H30. The van der Waals surface area contributed by atoms with E-state index >= 15 is 0 Å². The highest BCUT2D eigenvalue weighted by Crippen LogP contribution is 2.38. The molecule has 0 atom stereocenters. The van der Waals surface area contributed by atoms with E-state index in [-0.39, 0.29) is 0 Å². The third-order valence-electron chi connectivity index (χ3n) is 6.80. The van der Waals surface area contributed by atoms with Crippen LogP contribution < -0.4 is 0 Å². The van der Waals surface area contributed by atoms with Crippen molar-refractivity contribution in [1.29, 1.82) is 0 Å². The molecule has 0 N–H and O–H groups in total. The van der Waals surface area contributed by atoms with E-state index in [1.807, 2.05) is 0 Å². The Bertz CT molecular complexity index is 1350. The lowest BCUT2D eigenvalue weighted by Crippen LogP contribution is -1.99. The summed E-state index contributed by atoms with van der Waals surface area (Å²) in [5.41, 5.74) is 14.6. The fourth-order valence-electron chi connectivity index (χ4n) is 4.73. The normalized spacial score (nSPS) is 13.7. The van der Waals surface area contributed by atoms with E-state index in [0.29, 0.717) is 0 Å². The van der Waals surface area contributed by atoms with Gasteiger partial charge >= 0.3 is 0 Å². The van der Waals surface area contributed by atoms with Gasteiger partial charge in [-0.1, -0.05) is 102 Å². The molecule has 0 saturated carbocycles. The van der Waals surface area contributed by atoms with E-state index in [0.717, 1.165) is 12.8 Å². The van der Waals surface area contributed by atoms with E-state index in [2.05, 4.69) is 124 Å². The van der Waals surface area contributed by atoms with Gasteiger partial charge in [-0.2, -0.15) is 0 Å². The minimum absolute atomic E-state index is 1.11. The van der Waals surface area contributed by atoms with Crippen LogP contribution in [0.15, 0.2) is 109 Å². The average Bonchev–Trinajstić information content (AvgIpc) is 2.86. The zero-order chi connectivity index (χ0) is 22.8. The predicted molar refractivity (Wildman–Crippen MR) is 143 cm³/mol. The number of hydrogen-bond donors (Lipinski definition) is 0. The molecular weight excluding hydrogens is 396 g/mol. The van der Waals surface area contributed by atoms with Crippen LogP contribution in [-0.2, 0) is 0 Å². The fraction of sp³-hybridized carbons (Fsp3) is 0.152. The molecule has 0 heterocycles. The lowest BCUT2D eigenvalue weighted by atomic mass is 9.84. The van der Waals surface area contributed by atoms with Gasteiger partial charge in [0.25, 0.3) is 0 Å². The lowest BCUT2D eigenvalue weighted by molar-refractivity contribution is 0.982. The van der Waals surface area contributed by atoms with Crippen molar-refractivity contribution >= 4 is 11.1 Å². The molecule has 1 aliphatic carbocycles. The highest BCUT2D eigenvalue weighted by atomic mass is 14.2. The van der Waals surface area contributed by atoms with E-state index in [1.165, 1.54) is 61.2 Å². The molecule has 0 spiro atoms. The standard InChI is InChI=1S/C33H30/c1-23-12-16-27(17-13-23)28-10-7-11-29(20-28)31-19-15-25(3)33(22-31)32-21-30(18-14-24(32)2)26-8-5-4-6-9-26/h4-13,15-17,19-22H,14,18H2,1-3H3. The molecule has 33 heavy (non-hydrogen) atoms. The van der Waals surface area contributed by atoms with Gasteiger partial charge in [-0.15, -0.1) is 0 Å². The molecule has 0 amide bonds. The van der Waals surface area contributed by atoms with E-state index in [4.69, 9.17) is 0 Å². The van der Waals surface area contributed by atoms with Crippen LogP contribution in [0.25, 0.3) is 33.4 Å². The third-order valence-corrected chi connectivity index (χ3v) is 6.80. The lowest BCUT2D eigenvalue weighted by Gasteiger charge is -2.21. The number of allylic oxidation sites excluding steroid dienone is 4. The molecule has 0 saturated heterocycles. The van der Waals surface area contributed by atoms with E-state index < -0.39 is 0 Å². The van der Waals surface area contributed by atoms with Crippen molar-refractivity contribution in [2.75, 3.05) is 0 Å². The molecule has 0 unspecified atom stereocenters. The topological polar surface area (TPSA) is 0 Å². The van der Waals surface area contributed by atoms with Gasteiger partial charge < -0.3 is 0 Å². The molecule has 4 aromatic carbocycles. The van der Waals surface area contributed by atoms with Crippen LogP contribution in [0.2, 0.25) is 0 Å². The number of hydrogen-bond acceptors (Lipinski definition) is 0. The van der Waals surface area contributed by atoms with Gasteiger partial charge in [0.05, 0.1) is 0 Å². The highest BCUT2D eigenvalue weighted by molar-refractivity contribution is 5.89. The Morgan fingerprint density at radius 2 is 1.15 bits per heavy atom. The van der Waals surface area contributed by atoms with Crippen molar-refractivity contribution in [3.05, 3.63) is 131 Å². The average molecular weight is 427 g/mol. The molecule has 162 valence electrons. The zero-order valence-electron chi connectivity index (χ0n) is 19.7. The summed E-state index contributed by atoms with van der Waals surface area (Å²) in [6, 6.07) is 35.4. The summed E-state index contributed by atoms with van der Waals surface area (Å²) in [4.78, 5) is 0. The second kappa shape index (κ2) is 9.08. The Kier molecular flexibility index (Phi) is 5.84. The molecule has 0 aromatic heterocycles. The van der Waals surface area contributed by atoms with Gasteiger partial charge in [0, 0.05) is 0 Å². The van der Waals surface area contributed by atoms with Crippen LogP contribution in [0.3, 0.4) is 0 Å². The van der Waals surface area contributed by atoms with Gasteiger partial charge in [0.15, 0.2) is 0 Å². The molecule has 0 fully saturated rings. The summed E-state index contributed by atoms with van der Waals surface area (Å²) in [6.45, 7) is 6.65. The van der Waals surface area contributed by atoms with Gasteiger partial charge in [-0.25, -0.2) is 0 Å². The Labute approximate surface area is 198 Å². The second-order valence-corrected chi connectivity index (χ2v) is 9.21. The second-order valence-electron chi connectivity index (χ2n) is 9.21. The summed E-state index contributed by atoms with van der Waals surface area (Å²) < 4.78 is 0. The first-order chi connectivity index (χ1) is 16.1. The van der Waals surface area contributed by atoms with Crippen molar-refractivity contribution < 1.29 is 0 Å². The van der Waals surface area contributed by atoms with Crippen molar-refractivity contribution in [1.82, 2.24) is 0 Å². The number of aryl methyl sites for hydroxylation is 2. The van der Waals surface area contributed by atoms with E-state index in [1.54, 1.807) is 0 Å². The zero-order valence-corrected chi connectivity index (χ0v) is 19.7. The maximum atomic E-state index is 2.42. The molecule has 0 heteroatoms. The molecule has 1 aliphatic rings. The minimum atomic E-state index is 1.11. The summed E-state index contributed by atoms with van der Waals surface area (Å²) in [5.74, 6) is 0. The van der Waals surface area contributed by atoms with Gasteiger partial charge in [0.2, 0.25) is 0 Å². The quantitative estimate of drug-likeness (QED) is 0.305. The van der Waals surface area contributed by atoms with Crippen molar-refractivity contribution in [3.63, 3.8) is 0 Å². The first-order valence-electron chi connectivity index (χ1n) is 11.8. The number of rotatable bonds is 4. The molecule has 0 aliphatic heterocycles. The summed E-state index contributed by atoms with van der Waals surface area (Å²) in [7, 11) is 0. The Morgan fingerprint density at radius 1 is 0.515 bits per heavy atom. The van der Waals surface area contributed by atoms with Gasteiger partial charge in [0.1, 0.15) is 0 Å². The maximum Gasteiger partial charge on any atom is -0.0149 e. The first-order valence-corrected chi connectivity index (χ1v) is 11.8. The maximum absolute atomic E-state index is 2.42. The Morgan fingerprint density at radius 3 is 1.91 bits per heavy atom. The molecule has 5 rings (SSSR count). The SMILES string of the molecule is CC1=C(c2cc(-c3cccc(-c4ccc(C)cc4)c3)ccc2C)C=C(c2ccccc2)CC1. The monoisotopic (exact) mass is 426 g/mol. The Hall–Kier alpha value is -3.64. The smallest absolute Gasteiger partial charge is 0.0149 e. The summed E-state index contributed by atoms with van der Waals surface area (Å²) >= 11 is 0. The third kappa shape index (κ3) is 4.47. The van der Waals surface area contributed by atoms with Crippen molar-refractivity contribution in [3.8, 4) is 22.3 Å². The van der Waals surface area contributed by atoms with Crippen LogP contribution >= 0.6 is 0 Å². The van der Waals surface area contributed by atoms with Crippen LogP contribution in [0, 0.1) is 13.8 Å². The molecule has 0 bridgehead atoms. The minimum Gasteiger partial charge on any atom is -0.0651 e. The summed E-state index contributed by atoms with van der Waals surface area (Å²) in [6.07, 6.45) is 4.64. The van der Waals surface area contributed by atoms with Gasteiger partial charge in [-0.05, 0) is 95.8 Å². The van der Waals surface area contributed by atoms with Crippen LogP contribution in [-0.4, -0.2) is 0 Å². The van der Waals surface area contributed by atoms with Crippen LogP contribution in [0.5, 0.6) is 0 Å². The first kappa shape index (κ1) is 21.2. The predicted octanol–water partition coefficient (Wildman–Crippen LogP) is 9.29. The number of benzene rings is 4. The molecule has 0 radical (unpaired) electrons. The largest absolute Gasteiger partial charge is 0.0651 e. The van der Waals surface area contributed by atoms with Crippen LogP contribution in [0.4, 0.5) is 0 Å². The Balaban J connectivity index is 1.55.